The molecular formula is C15H20N2O6. The summed E-state index contributed by atoms with van der Waals surface area (Å²) in [5.74, 6) is -1.65. The molecule has 126 valence electrons. The molecule has 0 saturated heterocycles. The molecular weight excluding hydrogens is 304 g/mol. The molecule has 1 aromatic rings. The van der Waals surface area contributed by atoms with Crippen LogP contribution in [0.15, 0.2) is 24.3 Å². The van der Waals surface area contributed by atoms with Crippen molar-refractivity contribution in [2.45, 2.75) is 32.4 Å². The number of ether oxygens (including phenoxy) is 2. The maximum absolute atomic E-state index is 11.8. The van der Waals surface area contributed by atoms with E-state index < -0.39 is 29.6 Å². The van der Waals surface area contributed by atoms with Gasteiger partial charge in [-0.3, -0.25) is 4.79 Å². The maximum Gasteiger partial charge on any atom is 0.408 e. The van der Waals surface area contributed by atoms with Crippen molar-refractivity contribution in [3.05, 3.63) is 29.8 Å². The maximum atomic E-state index is 11.8. The van der Waals surface area contributed by atoms with E-state index in [0.717, 1.165) is 0 Å². The Labute approximate surface area is 133 Å². The van der Waals surface area contributed by atoms with Gasteiger partial charge in [0.15, 0.2) is 12.6 Å². The summed E-state index contributed by atoms with van der Waals surface area (Å²) < 4.78 is 10.2. The van der Waals surface area contributed by atoms with Crippen molar-refractivity contribution < 1.29 is 29.0 Å². The van der Waals surface area contributed by atoms with E-state index in [-0.39, 0.29) is 17.9 Å². The van der Waals surface area contributed by atoms with E-state index in [2.05, 4.69) is 5.32 Å². The number of alkyl carbamates (subject to hydrolysis) is 1. The number of primary amides is 1. The summed E-state index contributed by atoms with van der Waals surface area (Å²) in [6, 6.07) is 4.67. The Balaban J connectivity index is 2.89. The summed E-state index contributed by atoms with van der Waals surface area (Å²) in [7, 11) is 0. The molecule has 8 heteroatoms. The van der Waals surface area contributed by atoms with Crippen LogP contribution in [0, 0.1) is 0 Å². The molecule has 1 rings (SSSR count). The lowest BCUT2D eigenvalue weighted by molar-refractivity contribution is -0.139. The van der Waals surface area contributed by atoms with Crippen molar-refractivity contribution in [3.63, 3.8) is 0 Å². The van der Waals surface area contributed by atoms with Gasteiger partial charge in [-0.25, -0.2) is 9.59 Å². The van der Waals surface area contributed by atoms with Crippen LogP contribution >= 0.6 is 0 Å². The highest BCUT2D eigenvalue weighted by atomic mass is 16.6. The molecule has 8 nitrogen and oxygen atoms in total. The lowest BCUT2D eigenvalue weighted by Gasteiger charge is -2.22. The van der Waals surface area contributed by atoms with Gasteiger partial charge < -0.3 is 25.6 Å². The van der Waals surface area contributed by atoms with E-state index in [9.17, 15) is 19.5 Å². The molecule has 4 N–H and O–H groups in total. The predicted molar refractivity (Wildman–Crippen MR) is 80.9 cm³/mol. The molecule has 0 aliphatic rings. The standard InChI is InChI=1S/C15H20N2O6/c1-15(2,3)23-14(21)17-12(13(19)20)9-5-4-6-10(7-9)22-8-11(16)18/h4-7,12H,8H2,1-3H3,(H2,16,18)(H,17,21)(H,19,20)/t12-/m1/s1. The molecule has 0 aliphatic carbocycles. The van der Waals surface area contributed by atoms with Crippen molar-refractivity contribution in [2.75, 3.05) is 6.61 Å². The van der Waals surface area contributed by atoms with Gasteiger partial charge in [-0.05, 0) is 38.5 Å². The average molecular weight is 324 g/mol. The van der Waals surface area contributed by atoms with Crippen molar-refractivity contribution >= 4 is 18.0 Å². The van der Waals surface area contributed by atoms with Gasteiger partial charge in [-0.1, -0.05) is 12.1 Å². The van der Waals surface area contributed by atoms with Crippen LogP contribution in [-0.2, 0) is 14.3 Å². The molecule has 1 aromatic carbocycles. The Morgan fingerprint density at radius 1 is 1.30 bits per heavy atom. The van der Waals surface area contributed by atoms with Gasteiger partial charge in [-0.2, -0.15) is 0 Å². The molecule has 0 radical (unpaired) electrons. The number of amides is 2. The number of benzene rings is 1. The zero-order chi connectivity index (χ0) is 17.6. The average Bonchev–Trinajstić information content (AvgIpc) is 2.40. The van der Waals surface area contributed by atoms with Crippen LogP contribution in [0.5, 0.6) is 5.75 Å². The Morgan fingerprint density at radius 3 is 2.48 bits per heavy atom. The first kappa shape index (κ1) is 18.3. The monoisotopic (exact) mass is 324 g/mol. The van der Waals surface area contributed by atoms with Gasteiger partial charge >= 0.3 is 12.1 Å². The van der Waals surface area contributed by atoms with Crippen LogP contribution in [0.3, 0.4) is 0 Å². The third-order valence-corrected chi connectivity index (χ3v) is 2.48. The van der Waals surface area contributed by atoms with Gasteiger partial charge in [0.1, 0.15) is 11.4 Å². The molecule has 0 aliphatic heterocycles. The fourth-order valence-electron chi connectivity index (χ4n) is 1.65. The first-order chi connectivity index (χ1) is 10.6. The number of carbonyl (C=O) groups excluding carboxylic acids is 2. The SMILES string of the molecule is CC(C)(C)OC(=O)N[C@@H](C(=O)O)c1cccc(OCC(N)=O)c1. The molecule has 0 saturated carbocycles. The minimum atomic E-state index is -1.32. The zero-order valence-corrected chi connectivity index (χ0v) is 13.2. The number of nitrogens with two attached hydrogens (primary N) is 1. The lowest BCUT2D eigenvalue weighted by atomic mass is 10.1. The fraction of sp³-hybridized carbons (Fsp3) is 0.400. The molecule has 2 amide bonds. The fourth-order valence-corrected chi connectivity index (χ4v) is 1.65. The van der Waals surface area contributed by atoms with E-state index in [4.69, 9.17) is 15.2 Å². The number of carbonyl (C=O) groups is 3. The number of nitrogens with one attached hydrogen (secondary N) is 1. The van der Waals surface area contributed by atoms with E-state index in [1.165, 1.54) is 12.1 Å². The third kappa shape index (κ3) is 6.68. The highest BCUT2D eigenvalue weighted by Crippen LogP contribution is 2.20. The lowest BCUT2D eigenvalue weighted by Crippen LogP contribution is -2.38. The Hall–Kier alpha value is -2.77. The summed E-state index contributed by atoms with van der Waals surface area (Å²) in [4.78, 5) is 33.9. The van der Waals surface area contributed by atoms with E-state index in [0.29, 0.717) is 0 Å². The summed E-state index contributed by atoms with van der Waals surface area (Å²) in [5.41, 5.74) is 4.50. The van der Waals surface area contributed by atoms with E-state index >= 15 is 0 Å². The van der Waals surface area contributed by atoms with E-state index in [1.807, 2.05) is 0 Å². The van der Waals surface area contributed by atoms with Crippen molar-refractivity contribution in [1.29, 1.82) is 0 Å². The smallest absolute Gasteiger partial charge is 0.408 e. The van der Waals surface area contributed by atoms with Crippen LogP contribution in [0.4, 0.5) is 4.79 Å². The second-order valence-electron chi connectivity index (χ2n) is 5.74. The number of rotatable bonds is 6. The van der Waals surface area contributed by atoms with Crippen LogP contribution < -0.4 is 15.8 Å². The summed E-state index contributed by atoms with van der Waals surface area (Å²) in [6.07, 6.45) is -0.853. The molecule has 0 aromatic heterocycles. The van der Waals surface area contributed by atoms with Crippen LogP contribution in [-0.4, -0.2) is 35.3 Å². The summed E-state index contributed by atoms with van der Waals surface area (Å²) in [6.45, 7) is 4.67. The molecule has 0 fully saturated rings. The number of carboxylic acids is 1. The number of carboxylic acid groups (broad SMARTS) is 1. The normalized spacial score (nSPS) is 12.1. The summed E-state index contributed by atoms with van der Waals surface area (Å²) >= 11 is 0. The second-order valence-corrected chi connectivity index (χ2v) is 5.74. The van der Waals surface area contributed by atoms with Crippen molar-refractivity contribution in [1.82, 2.24) is 5.32 Å². The molecule has 0 bridgehead atoms. The van der Waals surface area contributed by atoms with E-state index in [1.54, 1.807) is 32.9 Å². The van der Waals surface area contributed by atoms with Gasteiger partial charge in [0.05, 0.1) is 0 Å². The molecule has 0 heterocycles. The molecule has 0 unspecified atom stereocenters. The van der Waals surface area contributed by atoms with Crippen molar-refractivity contribution in [3.8, 4) is 5.75 Å². The first-order valence-corrected chi connectivity index (χ1v) is 6.82. The second kappa shape index (κ2) is 7.48. The Bertz CT molecular complexity index is 594. The molecule has 23 heavy (non-hydrogen) atoms. The van der Waals surface area contributed by atoms with Gasteiger partial charge in [0.25, 0.3) is 5.91 Å². The number of aliphatic carboxylic acids is 1. The van der Waals surface area contributed by atoms with Gasteiger partial charge in [0, 0.05) is 0 Å². The van der Waals surface area contributed by atoms with Crippen molar-refractivity contribution in [2.24, 2.45) is 5.73 Å². The highest BCUT2D eigenvalue weighted by Gasteiger charge is 2.25. The number of hydrogen-bond acceptors (Lipinski definition) is 5. The minimum Gasteiger partial charge on any atom is -0.484 e. The van der Waals surface area contributed by atoms with Crippen LogP contribution in [0.2, 0.25) is 0 Å². The largest absolute Gasteiger partial charge is 0.484 e. The van der Waals surface area contributed by atoms with Gasteiger partial charge in [0.2, 0.25) is 0 Å². The summed E-state index contributed by atoms with van der Waals surface area (Å²) in [5, 5.41) is 11.6. The molecule has 1 atom stereocenters. The zero-order valence-electron chi connectivity index (χ0n) is 13.2. The third-order valence-electron chi connectivity index (χ3n) is 2.48. The van der Waals surface area contributed by atoms with Crippen LogP contribution in [0.25, 0.3) is 0 Å². The topological polar surface area (TPSA) is 128 Å². The van der Waals surface area contributed by atoms with Gasteiger partial charge in [-0.15, -0.1) is 0 Å². The molecule has 0 spiro atoms. The first-order valence-electron chi connectivity index (χ1n) is 6.82. The number of hydrogen-bond donors (Lipinski definition) is 3. The quantitative estimate of drug-likeness (QED) is 0.721. The predicted octanol–water partition coefficient (Wildman–Crippen LogP) is 1.20. The minimum absolute atomic E-state index is 0.263. The Kier molecular flexibility index (Phi) is 5.94. The highest BCUT2D eigenvalue weighted by molar-refractivity contribution is 5.81. The Morgan fingerprint density at radius 2 is 1.96 bits per heavy atom. The van der Waals surface area contributed by atoms with Crippen LogP contribution in [0.1, 0.15) is 32.4 Å².